The lowest BCUT2D eigenvalue weighted by Gasteiger charge is -2.13. The van der Waals surface area contributed by atoms with Crippen LogP contribution in [0.1, 0.15) is 5.56 Å². The fourth-order valence-electron chi connectivity index (χ4n) is 3.41. The average molecular weight is 384 g/mol. The lowest BCUT2D eigenvalue weighted by molar-refractivity contribution is -0.121. The highest BCUT2D eigenvalue weighted by Gasteiger charge is 2.13. The molecule has 0 atom stereocenters. The molecule has 0 bridgehead atoms. The zero-order valence-corrected chi connectivity index (χ0v) is 16.7. The van der Waals surface area contributed by atoms with Crippen molar-refractivity contribution in [3.63, 3.8) is 0 Å². The summed E-state index contributed by atoms with van der Waals surface area (Å²) in [5.41, 5.74) is 4.17. The number of anilines is 1. The normalized spacial score (nSPS) is 10.8. The Kier molecular flexibility index (Phi) is 5.29. The van der Waals surface area contributed by atoms with E-state index in [2.05, 4.69) is 45.2 Å². The smallest absolute Gasteiger partial charge is 0.240 e. The van der Waals surface area contributed by atoms with Crippen molar-refractivity contribution in [1.82, 2.24) is 14.9 Å². The molecule has 0 aliphatic rings. The Labute approximate surface area is 170 Å². The van der Waals surface area contributed by atoms with Crippen molar-refractivity contribution in [2.45, 2.75) is 13.1 Å². The Morgan fingerprint density at radius 2 is 1.76 bits per heavy atom. The van der Waals surface area contributed by atoms with Crippen LogP contribution in [-0.2, 0) is 17.9 Å². The number of rotatable bonds is 6. The van der Waals surface area contributed by atoms with E-state index in [0.29, 0.717) is 6.54 Å². The number of aromatic nitrogens is 2. The molecule has 5 nitrogen and oxygen atoms in total. The highest BCUT2D eigenvalue weighted by Crippen LogP contribution is 2.28. The number of nitrogens with one attached hydrogen (secondary N) is 1. The van der Waals surface area contributed by atoms with Gasteiger partial charge in [-0.05, 0) is 29.3 Å². The van der Waals surface area contributed by atoms with Gasteiger partial charge in [-0.3, -0.25) is 4.79 Å². The summed E-state index contributed by atoms with van der Waals surface area (Å²) >= 11 is 0. The number of hydrogen-bond acceptors (Lipinski definition) is 3. The minimum atomic E-state index is -0.0276. The van der Waals surface area contributed by atoms with E-state index in [1.54, 1.807) is 6.20 Å². The third kappa shape index (κ3) is 4.14. The molecule has 2 heterocycles. The summed E-state index contributed by atoms with van der Waals surface area (Å²) in [5.74, 6) is 0.867. The third-order valence-corrected chi connectivity index (χ3v) is 4.94. The van der Waals surface area contributed by atoms with E-state index in [9.17, 15) is 4.79 Å². The van der Waals surface area contributed by atoms with Crippen molar-refractivity contribution in [3.8, 4) is 11.3 Å². The first-order valence-electron chi connectivity index (χ1n) is 9.64. The SMILES string of the molecule is CN(C)c1ccc(CNC(=O)Cn2c(-c3ccccc3)cc3ccccc32)cn1. The second kappa shape index (κ2) is 8.19. The maximum Gasteiger partial charge on any atom is 0.240 e. The Morgan fingerprint density at radius 1 is 1.00 bits per heavy atom. The molecule has 2 aromatic carbocycles. The van der Waals surface area contributed by atoms with Gasteiger partial charge in [0.1, 0.15) is 12.4 Å². The number of benzene rings is 2. The number of pyridine rings is 1. The molecule has 0 spiro atoms. The van der Waals surface area contributed by atoms with Gasteiger partial charge >= 0.3 is 0 Å². The zero-order chi connectivity index (χ0) is 20.2. The molecule has 0 unspecified atom stereocenters. The van der Waals surface area contributed by atoms with Crippen molar-refractivity contribution < 1.29 is 4.79 Å². The Hall–Kier alpha value is -3.60. The molecule has 146 valence electrons. The highest BCUT2D eigenvalue weighted by atomic mass is 16.1. The predicted octanol–water partition coefficient (Wildman–Crippen LogP) is 4.09. The number of amides is 1. The van der Waals surface area contributed by atoms with Crippen LogP contribution in [0.2, 0.25) is 0 Å². The summed E-state index contributed by atoms with van der Waals surface area (Å²) in [6.45, 7) is 0.723. The molecule has 0 radical (unpaired) electrons. The van der Waals surface area contributed by atoms with E-state index in [1.165, 1.54) is 0 Å². The molecular weight excluding hydrogens is 360 g/mol. The fraction of sp³-hybridized carbons (Fsp3) is 0.167. The number of carbonyl (C=O) groups excluding carboxylic acids is 1. The first kappa shape index (κ1) is 18.7. The molecule has 0 fully saturated rings. The van der Waals surface area contributed by atoms with E-state index in [4.69, 9.17) is 0 Å². The van der Waals surface area contributed by atoms with Gasteiger partial charge in [0.15, 0.2) is 0 Å². The second-order valence-corrected chi connectivity index (χ2v) is 7.24. The first-order valence-corrected chi connectivity index (χ1v) is 9.64. The maximum absolute atomic E-state index is 12.7. The molecule has 4 aromatic rings. The zero-order valence-electron chi connectivity index (χ0n) is 16.7. The summed E-state index contributed by atoms with van der Waals surface area (Å²) in [7, 11) is 3.91. The van der Waals surface area contributed by atoms with Crippen LogP contribution < -0.4 is 10.2 Å². The summed E-state index contributed by atoms with van der Waals surface area (Å²) in [6.07, 6.45) is 1.80. The number of hydrogen-bond donors (Lipinski definition) is 1. The lowest BCUT2D eigenvalue weighted by atomic mass is 10.1. The van der Waals surface area contributed by atoms with Crippen LogP contribution in [0.25, 0.3) is 22.2 Å². The van der Waals surface area contributed by atoms with Crippen LogP contribution in [-0.4, -0.2) is 29.6 Å². The van der Waals surface area contributed by atoms with Gasteiger partial charge in [-0.25, -0.2) is 4.98 Å². The summed E-state index contributed by atoms with van der Waals surface area (Å²) in [6, 6.07) is 24.4. The van der Waals surface area contributed by atoms with Gasteiger partial charge in [0.2, 0.25) is 5.91 Å². The monoisotopic (exact) mass is 384 g/mol. The van der Waals surface area contributed by atoms with E-state index in [-0.39, 0.29) is 12.5 Å². The molecule has 4 rings (SSSR count). The Bertz CT molecular complexity index is 1110. The van der Waals surface area contributed by atoms with Gasteiger partial charge in [0.05, 0.1) is 0 Å². The van der Waals surface area contributed by atoms with Crippen molar-refractivity contribution in [2.75, 3.05) is 19.0 Å². The van der Waals surface area contributed by atoms with E-state index in [1.807, 2.05) is 61.5 Å². The number of para-hydroxylation sites is 1. The standard InChI is InChI=1S/C24H24N4O/c1-27(2)23-13-12-18(15-25-23)16-26-24(29)17-28-21-11-7-6-10-20(21)14-22(28)19-8-4-3-5-9-19/h3-15H,16-17H2,1-2H3,(H,26,29). The van der Waals surface area contributed by atoms with E-state index >= 15 is 0 Å². The summed E-state index contributed by atoms with van der Waals surface area (Å²) in [4.78, 5) is 19.1. The third-order valence-electron chi connectivity index (χ3n) is 4.94. The molecule has 0 aliphatic heterocycles. The number of nitrogens with zero attached hydrogens (tertiary/aromatic N) is 3. The van der Waals surface area contributed by atoms with Gasteiger partial charge in [0, 0.05) is 43.4 Å². The van der Waals surface area contributed by atoms with E-state index < -0.39 is 0 Å². The largest absolute Gasteiger partial charge is 0.363 e. The lowest BCUT2D eigenvalue weighted by Crippen LogP contribution is -2.27. The van der Waals surface area contributed by atoms with E-state index in [0.717, 1.165) is 33.5 Å². The fourth-order valence-corrected chi connectivity index (χ4v) is 3.41. The summed E-state index contributed by atoms with van der Waals surface area (Å²) < 4.78 is 2.08. The minimum absolute atomic E-state index is 0.0276. The molecule has 2 aromatic heterocycles. The van der Waals surface area contributed by atoms with Gasteiger partial charge in [-0.2, -0.15) is 0 Å². The van der Waals surface area contributed by atoms with Crippen LogP contribution in [0.4, 0.5) is 5.82 Å². The Morgan fingerprint density at radius 3 is 2.48 bits per heavy atom. The average Bonchev–Trinajstić information content (AvgIpc) is 3.11. The van der Waals surface area contributed by atoms with Crippen LogP contribution in [0, 0.1) is 0 Å². The van der Waals surface area contributed by atoms with Gasteiger partial charge < -0.3 is 14.8 Å². The molecule has 5 heteroatoms. The summed E-state index contributed by atoms with van der Waals surface area (Å²) in [5, 5.41) is 4.14. The predicted molar refractivity (Wildman–Crippen MR) is 118 cm³/mol. The molecule has 1 amide bonds. The van der Waals surface area contributed by atoms with Gasteiger partial charge in [0.25, 0.3) is 0 Å². The molecular formula is C24H24N4O. The van der Waals surface area contributed by atoms with Crippen molar-refractivity contribution >= 4 is 22.6 Å². The van der Waals surface area contributed by atoms with Crippen LogP contribution >= 0.6 is 0 Å². The van der Waals surface area contributed by atoms with Gasteiger partial charge in [-0.15, -0.1) is 0 Å². The number of fused-ring (bicyclic) bond motifs is 1. The minimum Gasteiger partial charge on any atom is -0.363 e. The molecule has 1 N–H and O–H groups in total. The Balaban J connectivity index is 1.53. The van der Waals surface area contributed by atoms with Crippen LogP contribution in [0.3, 0.4) is 0 Å². The molecule has 0 saturated heterocycles. The maximum atomic E-state index is 12.7. The molecule has 0 saturated carbocycles. The van der Waals surface area contributed by atoms with Crippen molar-refractivity contribution in [1.29, 1.82) is 0 Å². The quantitative estimate of drug-likeness (QED) is 0.545. The first-order chi connectivity index (χ1) is 14.1. The number of carbonyl (C=O) groups is 1. The highest BCUT2D eigenvalue weighted by molar-refractivity contribution is 5.89. The van der Waals surface area contributed by atoms with Crippen molar-refractivity contribution in [2.24, 2.45) is 0 Å². The van der Waals surface area contributed by atoms with Crippen molar-refractivity contribution in [3.05, 3.63) is 84.6 Å². The van der Waals surface area contributed by atoms with Gasteiger partial charge in [-0.1, -0.05) is 54.6 Å². The molecule has 29 heavy (non-hydrogen) atoms. The van der Waals surface area contributed by atoms with Crippen LogP contribution in [0.15, 0.2) is 79.0 Å². The van der Waals surface area contributed by atoms with Crippen LogP contribution in [0.5, 0.6) is 0 Å². The second-order valence-electron chi connectivity index (χ2n) is 7.24. The topological polar surface area (TPSA) is 50.2 Å². The molecule has 0 aliphatic carbocycles.